The Morgan fingerprint density at radius 2 is 1.86 bits per heavy atom. The molecule has 0 aromatic heterocycles. The topological polar surface area (TPSA) is 32.3 Å². The maximum Gasteiger partial charge on any atom is 0.0693 e. The minimum Gasteiger partial charge on any atom is -0.392 e. The van der Waals surface area contributed by atoms with Gasteiger partial charge in [-0.1, -0.05) is 26.7 Å². The molecule has 0 amide bonds. The van der Waals surface area contributed by atoms with Crippen LogP contribution in [0.3, 0.4) is 0 Å². The largest absolute Gasteiger partial charge is 0.392 e. The van der Waals surface area contributed by atoms with Crippen LogP contribution in [-0.4, -0.2) is 23.3 Å². The number of aliphatic hydroxyl groups is 1. The second-order valence-electron chi connectivity index (χ2n) is 5.16. The summed E-state index contributed by atoms with van der Waals surface area (Å²) in [4.78, 5) is 0. The van der Waals surface area contributed by atoms with Crippen molar-refractivity contribution < 1.29 is 5.11 Å². The summed E-state index contributed by atoms with van der Waals surface area (Å²) in [6.07, 6.45) is 5.67. The van der Waals surface area contributed by atoms with Gasteiger partial charge in [0.1, 0.15) is 0 Å². The SMILES string of the molecule is CC(C)C[C@@H](C)N[C@@H]1CCCC[C@@H]1O. The Kier molecular flexibility index (Phi) is 4.90. The van der Waals surface area contributed by atoms with E-state index >= 15 is 0 Å². The van der Waals surface area contributed by atoms with Crippen molar-refractivity contribution in [3.8, 4) is 0 Å². The molecular weight excluding hydrogens is 174 g/mol. The third-order valence-electron chi connectivity index (χ3n) is 3.05. The predicted molar refractivity (Wildman–Crippen MR) is 60.3 cm³/mol. The first-order valence-electron chi connectivity index (χ1n) is 6.03. The fourth-order valence-corrected chi connectivity index (χ4v) is 2.45. The highest BCUT2D eigenvalue weighted by molar-refractivity contribution is 4.82. The first-order valence-corrected chi connectivity index (χ1v) is 6.03. The van der Waals surface area contributed by atoms with Crippen molar-refractivity contribution in [1.29, 1.82) is 0 Å². The van der Waals surface area contributed by atoms with Gasteiger partial charge in [-0.25, -0.2) is 0 Å². The van der Waals surface area contributed by atoms with Crippen LogP contribution in [0.2, 0.25) is 0 Å². The molecule has 1 saturated carbocycles. The van der Waals surface area contributed by atoms with Gasteiger partial charge in [-0.15, -0.1) is 0 Å². The van der Waals surface area contributed by atoms with Gasteiger partial charge < -0.3 is 10.4 Å². The summed E-state index contributed by atoms with van der Waals surface area (Å²) in [5.41, 5.74) is 0. The van der Waals surface area contributed by atoms with Crippen LogP contribution in [0.15, 0.2) is 0 Å². The van der Waals surface area contributed by atoms with Crippen LogP contribution in [0.4, 0.5) is 0 Å². The number of rotatable bonds is 4. The molecule has 1 fully saturated rings. The Morgan fingerprint density at radius 3 is 2.43 bits per heavy atom. The van der Waals surface area contributed by atoms with E-state index < -0.39 is 0 Å². The van der Waals surface area contributed by atoms with E-state index in [4.69, 9.17) is 0 Å². The Bertz CT molecular complexity index is 158. The van der Waals surface area contributed by atoms with Crippen molar-refractivity contribution in [3.63, 3.8) is 0 Å². The Balaban J connectivity index is 2.27. The summed E-state index contributed by atoms with van der Waals surface area (Å²) in [6, 6.07) is 0.880. The molecule has 84 valence electrons. The summed E-state index contributed by atoms with van der Waals surface area (Å²) in [7, 11) is 0. The lowest BCUT2D eigenvalue weighted by atomic mass is 9.91. The van der Waals surface area contributed by atoms with Crippen molar-refractivity contribution >= 4 is 0 Å². The molecule has 1 aliphatic rings. The van der Waals surface area contributed by atoms with E-state index in [-0.39, 0.29) is 6.10 Å². The molecule has 1 aliphatic carbocycles. The maximum atomic E-state index is 9.79. The molecule has 2 heteroatoms. The Hall–Kier alpha value is -0.0800. The summed E-state index contributed by atoms with van der Waals surface area (Å²) >= 11 is 0. The summed E-state index contributed by atoms with van der Waals surface area (Å²) < 4.78 is 0. The van der Waals surface area contributed by atoms with E-state index in [2.05, 4.69) is 26.1 Å². The quantitative estimate of drug-likeness (QED) is 0.728. The fraction of sp³-hybridized carbons (Fsp3) is 1.00. The van der Waals surface area contributed by atoms with Gasteiger partial charge >= 0.3 is 0 Å². The molecule has 14 heavy (non-hydrogen) atoms. The summed E-state index contributed by atoms with van der Waals surface area (Å²) in [6.45, 7) is 6.71. The molecule has 0 bridgehead atoms. The van der Waals surface area contributed by atoms with E-state index in [1.54, 1.807) is 0 Å². The van der Waals surface area contributed by atoms with E-state index in [0.717, 1.165) is 18.8 Å². The first-order chi connectivity index (χ1) is 6.59. The average molecular weight is 199 g/mol. The number of hydrogen-bond donors (Lipinski definition) is 2. The van der Waals surface area contributed by atoms with Crippen LogP contribution < -0.4 is 5.32 Å². The van der Waals surface area contributed by atoms with Gasteiger partial charge in [0.2, 0.25) is 0 Å². The monoisotopic (exact) mass is 199 g/mol. The zero-order valence-corrected chi connectivity index (χ0v) is 9.79. The van der Waals surface area contributed by atoms with Crippen LogP contribution >= 0.6 is 0 Å². The molecule has 0 aromatic carbocycles. The zero-order chi connectivity index (χ0) is 10.6. The van der Waals surface area contributed by atoms with Crippen LogP contribution in [0.25, 0.3) is 0 Å². The van der Waals surface area contributed by atoms with E-state index in [9.17, 15) is 5.11 Å². The minimum absolute atomic E-state index is 0.113. The van der Waals surface area contributed by atoms with Crippen LogP contribution in [-0.2, 0) is 0 Å². The highest BCUT2D eigenvalue weighted by Crippen LogP contribution is 2.19. The lowest BCUT2D eigenvalue weighted by Gasteiger charge is -2.31. The normalized spacial score (nSPS) is 30.6. The smallest absolute Gasteiger partial charge is 0.0693 e. The van der Waals surface area contributed by atoms with Crippen molar-refractivity contribution in [2.24, 2.45) is 5.92 Å². The third kappa shape index (κ3) is 3.97. The van der Waals surface area contributed by atoms with E-state index in [0.29, 0.717) is 12.1 Å². The minimum atomic E-state index is -0.113. The maximum absolute atomic E-state index is 9.79. The van der Waals surface area contributed by atoms with Gasteiger partial charge in [0.05, 0.1) is 6.10 Å². The molecule has 0 radical (unpaired) electrons. The van der Waals surface area contributed by atoms with Crippen molar-refractivity contribution in [2.75, 3.05) is 0 Å². The fourth-order valence-electron chi connectivity index (χ4n) is 2.45. The summed E-state index contributed by atoms with van der Waals surface area (Å²) in [5.74, 6) is 0.734. The standard InChI is InChI=1S/C12H25NO/c1-9(2)8-10(3)13-11-6-4-5-7-12(11)14/h9-14H,4-8H2,1-3H3/t10-,11-,12+/m1/s1. The van der Waals surface area contributed by atoms with Gasteiger partial charge in [0.25, 0.3) is 0 Å². The lowest BCUT2D eigenvalue weighted by Crippen LogP contribution is -2.46. The molecule has 0 heterocycles. The third-order valence-corrected chi connectivity index (χ3v) is 3.05. The first kappa shape index (κ1) is 12.0. The van der Waals surface area contributed by atoms with Crippen LogP contribution in [0.1, 0.15) is 52.9 Å². The molecule has 0 aliphatic heterocycles. The van der Waals surface area contributed by atoms with Gasteiger partial charge in [-0.05, 0) is 32.1 Å². The van der Waals surface area contributed by atoms with E-state index in [1.807, 2.05) is 0 Å². The molecule has 2 nitrogen and oxygen atoms in total. The van der Waals surface area contributed by atoms with Crippen molar-refractivity contribution in [3.05, 3.63) is 0 Å². The molecule has 0 saturated heterocycles. The van der Waals surface area contributed by atoms with Crippen molar-refractivity contribution in [2.45, 2.75) is 71.1 Å². The summed E-state index contributed by atoms with van der Waals surface area (Å²) in [5, 5.41) is 13.3. The van der Waals surface area contributed by atoms with Gasteiger partial charge in [-0.3, -0.25) is 0 Å². The van der Waals surface area contributed by atoms with Crippen LogP contribution in [0.5, 0.6) is 0 Å². The molecule has 1 rings (SSSR count). The van der Waals surface area contributed by atoms with E-state index in [1.165, 1.54) is 19.3 Å². The van der Waals surface area contributed by atoms with Crippen molar-refractivity contribution in [1.82, 2.24) is 5.32 Å². The second-order valence-corrected chi connectivity index (χ2v) is 5.16. The molecule has 2 N–H and O–H groups in total. The number of nitrogens with one attached hydrogen (secondary N) is 1. The zero-order valence-electron chi connectivity index (χ0n) is 9.79. The molecule has 3 atom stereocenters. The van der Waals surface area contributed by atoms with Crippen LogP contribution in [0, 0.1) is 5.92 Å². The van der Waals surface area contributed by atoms with Gasteiger partial charge in [0.15, 0.2) is 0 Å². The molecule has 0 spiro atoms. The van der Waals surface area contributed by atoms with Gasteiger partial charge in [-0.2, -0.15) is 0 Å². The molecular formula is C12H25NO. The number of aliphatic hydroxyl groups excluding tert-OH is 1. The molecule has 0 unspecified atom stereocenters. The second kappa shape index (κ2) is 5.72. The highest BCUT2D eigenvalue weighted by Gasteiger charge is 2.23. The highest BCUT2D eigenvalue weighted by atomic mass is 16.3. The van der Waals surface area contributed by atoms with Gasteiger partial charge in [0, 0.05) is 12.1 Å². The average Bonchev–Trinajstić information content (AvgIpc) is 2.07. The lowest BCUT2D eigenvalue weighted by molar-refractivity contribution is 0.0844. The Labute approximate surface area is 88.1 Å². The predicted octanol–water partition coefficient (Wildman–Crippen LogP) is 2.31. The Morgan fingerprint density at radius 1 is 1.21 bits per heavy atom. The molecule has 0 aromatic rings. The number of hydrogen-bond acceptors (Lipinski definition) is 2.